The number of benzene rings is 2. The fourth-order valence-electron chi connectivity index (χ4n) is 3.48. The lowest BCUT2D eigenvalue weighted by Crippen LogP contribution is -2.48. The smallest absolute Gasteiger partial charge is 0.271 e. The van der Waals surface area contributed by atoms with Crippen molar-refractivity contribution in [2.75, 3.05) is 23.8 Å². The van der Waals surface area contributed by atoms with Crippen LogP contribution < -0.4 is 19.1 Å². The number of rotatable bonds is 7. The number of nitro benzene ring substituents is 1. The molecule has 1 aliphatic heterocycles. The van der Waals surface area contributed by atoms with Crippen LogP contribution in [0.1, 0.15) is 31.0 Å². The monoisotopic (exact) mass is 463 g/mol. The van der Waals surface area contributed by atoms with E-state index in [1.165, 1.54) is 19.1 Å². The van der Waals surface area contributed by atoms with E-state index >= 15 is 0 Å². The van der Waals surface area contributed by atoms with Crippen LogP contribution in [0.25, 0.3) is 0 Å². The number of nitrogens with one attached hydrogen (secondary N) is 1. The van der Waals surface area contributed by atoms with E-state index in [2.05, 4.69) is 5.32 Å². The van der Waals surface area contributed by atoms with Crippen LogP contribution in [0.2, 0.25) is 0 Å². The lowest BCUT2D eigenvalue weighted by atomic mass is 10.1. The highest BCUT2D eigenvalue weighted by atomic mass is 32.2. The van der Waals surface area contributed by atoms with Gasteiger partial charge in [0.15, 0.2) is 11.5 Å². The molecule has 0 unspecified atom stereocenters. The zero-order valence-electron chi connectivity index (χ0n) is 18.2. The standard InChI is InChI=1S/C21H25N3O7S/c1-13-5-7-17(24(26)27)12-18(13)23(32(4,28)29)15(3)21(25)22-14(2)16-6-8-19-20(11-16)31-10-9-30-19/h5-8,11-12,14-15H,9-10H2,1-4H3,(H,22,25)/t14-,15-/m1/s1. The summed E-state index contributed by atoms with van der Waals surface area (Å²) in [7, 11) is -3.93. The van der Waals surface area contributed by atoms with E-state index in [4.69, 9.17) is 9.47 Å². The Bertz CT molecular complexity index is 1150. The number of carbonyl (C=O) groups excluding carboxylic acids is 1. The molecular weight excluding hydrogens is 438 g/mol. The number of aryl methyl sites for hydroxylation is 1. The molecule has 1 aliphatic rings. The van der Waals surface area contributed by atoms with Crippen molar-refractivity contribution >= 4 is 27.3 Å². The highest BCUT2D eigenvalue weighted by molar-refractivity contribution is 7.92. The Kier molecular flexibility index (Phi) is 6.58. The molecule has 0 saturated heterocycles. The zero-order chi connectivity index (χ0) is 23.6. The normalized spacial score (nSPS) is 14.9. The Morgan fingerprint density at radius 3 is 2.41 bits per heavy atom. The summed E-state index contributed by atoms with van der Waals surface area (Å²) in [5.41, 5.74) is 1.06. The van der Waals surface area contributed by atoms with Gasteiger partial charge in [0.1, 0.15) is 19.3 Å². The number of hydrogen-bond acceptors (Lipinski definition) is 7. The summed E-state index contributed by atoms with van der Waals surface area (Å²) in [6.07, 6.45) is 0.958. The molecule has 0 bridgehead atoms. The van der Waals surface area contributed by atoms with Crippen molar-refractivity contribution in [2.24, 2.45) is 0 Å². The first kappa shape index (κ1) is 23.3. The highest BCUT2D eigenvalue weighted by Crippen LogP contribution is 2.33. The van der Waals surface area contributed by atoms with Gasteiger partial charge in [-0.05, 0) is 44.0 Å². The van der Waals surface area contributed by atoms with Gasteiger partial charge in [0.2, 0.25) is 15.9 Å². The number of nitrogens with zero attached hydrogens (tertiary/aromatic N) is 2. The van der Waals surface area contributed by atoms with Gasteiger partial charge in [-0.1, -0.05) is 12.1 Å². The maximum absolute atomic E-state index is 13.0. The number of fused-ring (bicyclic) bond motifs is 1. The van der Waals surface area contributed by atoms with Gasteiger partial charge in [0.25, 0.3) is 5.69 Å². The van der Waals surface area contributed by atoms with Gasteiger partial charge in [0, 0.05) is 12.1 Å². The molecule has 0 aromatic heterocycles. The Morgan fingerprint density at radius 1 is 1.12 bits per heavy atom. The fourth-order valence-corrected chi connectivity index (χ4v) is 4.70. The first-order valence-corrected chi connectivity index (χ1v) is 11.8. The number of amides is 1. The minimum absolute atomic E-state index is 0.0799. The molecule has 10 nitrogen and oxygen atoms in total. The van der Waals surface area contributed by atoms with Crippen LogP contribution in [0.5, 0.6) is 11.5 Å². The molecule has 1 amide bonds. The average molecular weight is 464 g/mol. The molecule has 0 aliphatic carbocycles. The summed E-state index contributed by atoms with van der Waals surface area (Å²) in [4.78, 5) is 23.6. The second-order valence-corrected chi connectivity index (χ2v) is 9.46. The molecule has 2 atom stereocenters. The Labute approximate surface area is 186 Å². The zero-order valence-corrected chi connectivity index (χ0v) is 19.0. The quantitative estimate of drug-likeness (QED) is 0.494. The van der Waals surface area contributed by atoms with E-state index in [0.717, 1.165) is 22.2 Å². The van der Waals surface area contributed by atoms with Gasteiger partial charge in [-0.2, -0.15) is 0 Å². The third-order valence-electron chi connectivity index (χ3n) is 5.15. The van der Waals surface area contributed by atoms with Crippen LogP contribution in [-0.4, -0.2) is 44.8 Å². The van der Waals surface area contributed by atoms with Crippen LogP contribution in [0.3, 0.4) is 0 Å². The molecule has 32 heavy (non-hydrogen) atoms. The van der Waals surface area contributed by atoms with Gasteiger partial charge in [-0.15, -0.1) is 0 Å². The first-order chi connectivity index (χ1) is 15.0. The molecule has 172 valence electrons. The molecule has 1 N–H and O–H groups in total. The van der Waals surface area contributed by atoms with Gasteiger partial charge in [0.05, 0.1) is 22.9 Å². The van der Waals surface area contributed by atoms with Gasteiger partial charge in [-0.25, -0.2) is 8.42 Å². The lowest BCUT2D eigenvalue weighted by Gasteiger charge is -2.30. The summed E-state index contributed by atoms with van der Waals surface area (Å²) in [5.74, 6) is 0.646. The van der Waals surface area contributed by atoms with Crippen molar-refractivity contribution in [1.82, 2.24) is 5.32 Å². The van der Waals surface area contributed by atoms with Crippen LogP contribution in [0, 0.1) is 17.0 Å². The van der Waals surface area contributed by atoms with E-state index in [0.29, 0.717) is 30.3 Å². The summed E-state index contributed by atoms with van der Waals surface area (Å²) in [5, 5.41) is 14.0. The molecule has 0 fully saturated rings. The summed E-state index contributed by atoms with van der Waals surface area (Å²) < 4.78 is 37.1. The Morgan fingerprint density at radius 2 is 1.78 bits per heavy atom. The van der Waals surface area contributed by atoms with Gasteiger partial charge < -0.3 is 14.8 Å². The van der Waals surface area contributed by atoms with Crippen LogP contribution in [0.4, 0.5) is 11.4 Å². The SMILES string of the molecule is Cc1ccc([N+](=O)[O-])cc1N([C@H](C)C(=O)N[C@H](C)c1ccc2c(c1)OCCO2)S(C)(=O)=O. The van der Waals surface area contributed by atoms with E-state index < -0.39 is 32.9 Å². The topological polar surface area (TPSA) is 128 Å². The minimum atomic E-state index is -3.93. The number of carbonyl (C=O) groups is 1. The Hall–Kier alpha value is -3.34. The van der Waals surface area contributed by atoms with Crippen LogP contribution >= 0.6 is 0 Å². The molecule has 3 rings (SSSR count). The summed E-state index contributed by atoms with van der Waals surface area (Å²) >= 11 is 0. The second-order valence-electron chi connectivity index (χ2n) is 7.60. The number of hydrogen-bond donors (Lipinski definition) is 1. The Balaban J connectivity index is 1.86. The minimum Gasteiger partial charge on any atom is -0.486 e. The third kappa shape index (κ3) is 4.93. The maximum atomic E-state index is 13.0. The molecular formula is C21H25N3O7S. The number of sulfonamides is 1. The molecule has 0 saturated carbocycles. The highest BCUT2D eigenvalue weighted by Gasteiger charge is 2.32. The summed E-state index contributed by atoms with van der Waals surface area (Å²) in [6.45, 7) is 5.72. The van der Waals surface area contributed by atoms with Crippen molar-refractivity contribution in [1.29, 1.82) is 0 Å². The number of ether oxygens (including phenoxy) is 2. The van der Waals surface area contributed by atoms with Crippen molar-refractivity contribution in [2.45, 2.75) is 32.9 Å². The summed E-state index contributed by atoms with van der Waals surface area (Å²) in [6, 6.07) is 7.61. The average Bonchev–Trinajstić information content (AvgIpc) is 2.73. The molecule has 0 radical (unpaired) electrons. The van der Waals surface area contributed by atoms with Crippen LogP contribution in [0.15, 0.2) is 36.4 Å². The fraction of sp³-hybridized carbons (Fsp3) is 0.381. The van der Waals surface area contributed by atoms with E-state index in [9.17, 15) is 23.3 Å². The molecule has 11 heteroatoms. The number of anilines is 1. The molecule has 2 aromatic carbocycles. The second kappa shape index (κ2) is 9.03. The van der Waals surface area contributed by atoms with Crippen molar-refractivity contribution < 1.29 is 27.6 Å². The first-order valence-electron chi connectivity index (χ1n) is 9.93. The predicted molar refractivity (Wildman–Crippen MR) is 119 cm³/mol. The molecule has 0 spiro atoms. The van der Waals surface area contributed by atoms with Crippen molar-refractivity contribution in [3.05, 3.63) is 57.6 Å². The third-order valence-corrected chi connectivity index (χ3v) is 6.38. The number of nitro groups is 1. The molecule has 2 aromatic rings. The van der Waals surface area contributed by atoms with Gasteiger partial charge in [-0.3, -0.25) is 19.2 Å². The predicted octanol–water partition coefficient (Wildman–Crippen LogP) is 2.71. The maximum Gasteiger partial charge on any atom is 0.271 e. The number of non-ortho nitro benzene ring substituents is 1. The van der Waals surface area contributed by atoms with E-state index in [1.807, 2.05) is 0 Å². The lowest BCUT2D eigenvalue weighted by molar-refractivity contribution is -0.384. The van der Waals surface area contributed by atoms with Crippen molar-refractivity contribution in [3.63, 3.8) is 0 Å². The van der Waals surface area contributed by atoms with E-state index in [-0.39, 0.29) is 11.4 Å². The van der Waals surface area contributed by atoms with Gasteiger partial charge >= 0.3 is 0 Å². The van der Waals surface area contributed by atoms with Crippen molar-refractivity contribution in [3.8, 4) is 11.5 Å². The largest absolute Gasteiger partial charge is 0.486 e. The van der Waals surface area contributed by atoms with Crippen LogP contribution in [-0.2, 0) is 14.8 Å². The molecule has 1 heterocycles. The van der Waals surface area contributed by atoms with E-state index in [1.54, 1.807) is 32.0 Å².